The van der Waals surface area contributed by atoms with E-state index in [1.165, 1.54) is 0 Å². The van der Waals surface area contributed by atoms with E-state index in [1.54, 1.807) is 75.5 Å². The summed E-state index contributed by atoms with van der Waals surface area (Å²) in [4.78, 5) is 36.7. The molecule has 10 nitrogen and oxygen atoms in total. The molecule has 1 atom stereocenters. The molecule has 2 rings (SSSR count). The normalized spacial score (nSPS) is 12.2. The first kappa shape index (κ1) is 22.9. The zero-order chi connectivity index (χ0) is 22.6. The molecule has 0 aliphatic carbocycles. The second-order valence-electron chi connectivity index (χ2n) is 8.21. The largest absolute Gasteiger partial charge is 0.444 e. The molecule has 0 aromatic carbocycles. The molecule has 2 aromatic rings. The Labute approximate surface area is 175 Å². The topological polar surface area (TPSA) is 132 Å². The first-order valence-electron chi connectivity index (χ1n) is 9.53. The Kier molecular flexibility index (Phi) is 6.81. The smallest absolute Gasteiger partial charge is 0.407 e. The van der Waals surface area contributed by atoms with Gasteiger partial charge in [0.1, 0.15) is 17.0 Å². The molecule has 5 N–H and O–H groups in total. The Hall–Kier alpha value is -3.43. The van der Waals surface area contributed by atoms with Gasteiger partial charge < -0.3 is 35.6 Å². The lowest BCUT2D eigenvalue weighted by Gasteiger charge is -2.21. The summed E-state index contributed by atoms with van der Waals surface area (Å²) in [5.41, 5.74) is 6.85. The van der Waals surface area contributed by atoms with Gasteiger partial charge in [0, 0.05) is 39.1 Å². The Morgan fingerprint density at radius 3 is 2.23 bits per heavy atom. The molecule has 0 aliphatic rings. The van der Waals surface area contributed by atoms with Gasteiger partial charge in [0.25, 0.3) is 11.8 Å². The minimum absolute atomic E-state index is 0.212. The number of ether oxygens (including phenoxy) is 1. The molecular formula is C20H30N6O4. The Morgan fingerprint density at radius 1 is 1.07 bits per heavy atom. The Bertz CT molecular complexity index is 938. The Balaban J connectivity index is 1.94. The van der Waals surface area contributed by atoms with Crippen molar-refractivity contribution in [2.45, 2.75) is 39.3 Å². The van der Waals surface area contributed by atoms with Crippen LogP contribution in [-0.4, -0.2) is 45.2 Å². The number of hydrogen-bond donors (Lipinski definition) is 4. The van der Waals surface area contributed by atoms with Crippen LogP contribution in [0.3, 0.4) is 0 Å². The van der Waals surface area contributed by atoms with Crippen molar-refractivity contribution in [3.05, 3.63) is 35.9 Å². The fourth-order valence-electron chi connectivity index (χ4n) is 2.77. The maximum atomic E-state index is 12.6. The fraction of sp³-hybridized carbons (Fsp3) is 0.450. The lowest BCUT2D eigenvalue weighted by molar-refractivity contribution is 0.0520. The van der Waals surface area contributed by atoms with E-state index in [4.69, 9.17) is 10.5 Å². The number of hydrogen-bond acceptors (Lipinski definition) is 5. The van der Waals surface area contributed by atoms with Crippen molar-refractivity contribution >= 4 is 29.3 Å². The number of nitrogens with two attached hydrogens (primary N) is 1. The highest BCUT2D eigenvalue weighted by Crippen LogP contribution is 2.16. The number of aryl methyl sites for hydroxylation is 2. The molecule has 2 heterocycles. The molecule has 3 amide bonds. The summed E-state index contributed by atoms with van der Waals surface area (Å²) >= 11 is 0. The van der Waals surface area contributed by atoms with Crippen molar-refractivity contribution in [2.75, 3.05) is 17.6 Å². The number of alkyl carbamates (subject to hydrolysis) is 1. The lowest BCUT2D eigenvalue weighted by atomic mass is 10.2. The number of nitrogens with one attached hydrogen (secondary N) is 3. The maximum absolute atomic E-state index is 12.6. The molecule has 2 aromatic heterocycles. The monoisotopic (exact) mass is 418 g/mol. The highest BCUT2D eigenvalue weighted by molar-refractivity contribution is 6.04. The van der Waals surface area contributed by atoms with Gasteiger partial charge in [0.2, 0.25) is 0 Å². The van der Waals surface area contributed by atoms with Crippen LogP contribution >= 0.6 is 0 Å². The van der Waals surface area contributed by atoms with E-state index in [9.17, 15) is 14.4 Å². The van der Waals surface area contributed by atoms with Crippen molar-refractivity contribution in [2.24, 2.45) is 14.1 Å². The third-order valence-electron chi connectivity index (χ3n) is 4.08. The van der Waals surface area contributed by atoms with Gasteiger partial charge in [-0.1, -0.05) is 0 Å². The van der Waals surface area contributed by atoms with Gasteiger partial charge in [-0.05, 0) is 39.8 Å². The summed E-state index contributed by atoms with van der Waals surface area (Å²) in [6.45, 7) is 7.30. The van der Waals surface area contributed by atoms with Crippen molar-refractivity contribution in [1.82, 2.24) is 19.8 Å². The second-order valence-corrected chi connectivity index (χ2v) is 8.21. The quantitative estimate of drug-likeness (QED) is 0.568. The van der Waals surface area contributed by atoms with E-state index in [0.29, 0.717) is 22.8 Å². The number of carbonyl (C=O) groups is 3. The van der Waals surface area contributed by atoms with Crippen LogP contribution in [0.5, 0.6) is 0 Å². The standard InChI is InChI=1S/C20H30N6O4/c1-12(9-22-19(29)30-20(2,3)4)23-17(27)16-8-14(11-26(16)6)24-18(28)15-7-13(21)10-25(15)5/h7-8,10-12H,9,21H2,1-6H3,(H,22,29)(H,23,27)(H,24,28). The third-order valence-corrected chi connectivity index (χ3v) is 4.08. The average Bonchev–Trinajstić information content (AvgIpc) is 3.12. The van der Waals surface area contributed by atoms with E-state index < -0.39 is 11.7 Å². The molecule has 0 fully saturated rings. The number of nitrogens with zero attached hydrogens (tertiary/aromatic N) is 2. The second kappa shape index (κ2) is 8.93. The molecular weight excluding hydrogens is 388 g/mol. The van der Waals surface area contributed by atoms with Crippen LogP contribution in [-0.2, 0) is 18.8 Å². The van der Waals surface area contributed by atoms with Gasteiger partial charge in [0.05, 0.1) is 11.4 Å². The highest BCUT2D eigenvalue weighted by atomic mass is 16.6. The molecule has 0 saturated heterocycles. The van der Waals surface area contributed by atoms with Crippen molar-refractivity contribution in [3.63, 3.8) is 0 Å². The molecule has 0 aliphatic heterocycles. The summed E-state index contributed by atoms with van der Waals surface area (Å²) in [6.07, 6.45) is 2.74. The minimum Gasteiger partial charge on any atom is -0.444 e. The van der Waals surface area contributed by atoms with Gasteiger partial charge in [-0.2, -0.15) is 0 Å². The molecule has 10 heteroatoms. The first-order chi connectivity index (χ1) is 13.9. The van der Waals surface area contributed by atoms with Crippen LogP contribution in [0.2, 0.25) is 0 Å². The molecule has 0 radical (unpaired) electrons. The van der Waals surface area contributed by atoms with E-state index in [0.717, 1.165) is 0 Å². The van der Waals surface area contributed by atoms with E-state index in [-0.39, 0.29) is 24.4 Å². The third kappa shape index (κ3) is 6.29. The van der Waals surface area contributed by atoms with Crippen LogP contribution in [0.15, 0.2) is 24.5 Å². The number of rotatable bonds is 6. The van der Waals surface area contributed by atoms with Gasteiger partial charge in [-0.3, -0.25) is 9.59 Å². The zero-order valence-electron chi connectivity index (χ0n) is 18.2. The van der Waals surface area contributed by atoms with Crippen LogP contribution in [0, 0.1) is 0 Å². The van der Waals surface area contributed by atoms with Crippen molar-refractivity contribution in [3.8, 4) is 0 Å². The Morgan fingerprint density at radius 2 is 1.67 bits per heavy atom. The lowest BCUT2D eigenvalue weighted by Crippen LogP contribution is -2.43. The summed E-state index contributed by atoms with van der Waals surface area (Å²) in [7, 11) is 3.43. The number of nitrogen functional groups attached to an aromatic ring is 1. The van der Waals surface area contributed by atoms with Crippen LogP contribution in [0.1, 0.15) is 48.7 Å². The van der Waals surface area contributed by atoms with Crippen molar-refractivity contribution in [1.29, 1.82) is 0 Å². The van der Waals surface area contributed by atoms with Crippen LogP contribution in [0.4, 0.5) is 16.2 Å². The summed E-state index contributed by atoms with van der Waals surface area (Å²) in [6, 6.07) is 2.82. The van der Waals surface area contributed by atoms with Gasteiger partial charge in [-0.25, -0.2) is 4.79 Å². The zero-order valence-corrected chi connectivity index (χ0v) is 18.2. The van der Waals surface area contributed by atoms with Gasteiger partial charge in [-0.15, -0.1) is 0 Å². The molecule has 0 saturated carbocycles. The predicted octanol–water partition coefficient (Wildman–Crippen LogP) is 1.84. The fourth-order valence-corrected chi connectivity index (χ4v) is 2.77. The van der Waals surface area contributed by atoms with E-state index in [2.05, 4.69) is 16.0 Å². The number of carbonyl (C=O) groups excluding carboxylic acids is 3. The first-order valence-corrected chi connectivity index (χ1v) is 9.53. The number of aromatic nitrogens is 2. The molecule has 0 spiro atoms. The summed E-state index contributed by atoms with van der Waals surface area (Å²) in [5, 5.41) is 8.17. The van der Waals surface area contributed by atoms with E-state index in [1.807, 2.05) is 0 Å². The molecule has 164 valence electrons. The minimum atomic E-state index is -0.592. The van der Waals surface area contributed by atoms with Gasteiger partial charge >= 0.3 is 6.09 Å². The van der Waals surface area contributed by atoms with E-state index >= 15 is 0 Å². The number of amides is 3. The molecule has 0 bridgehead atoms. The van der Waals surface area contributed by atoms with Crippen LogP contribution < -0.4 is 21.7 Å². The number of anilines is 2. The average molecular weight is 418 g/mol. The van der Waals surface area contributed by atoms with Crippen LogP contribution in [0.25, 0.3) is 0 Å². The SMILES string of the molecule is CC(CNC(=O)OC(C)(C)C)NC(=O)c1cc(NC(=O)c2cc(N)cn2C)cn1C. The summed E-state index contributed by atoms with van der Waals surface area (Å²) < 4.78 is 8.40. The predicted molar refractivity (Wildman–Crippen MR) is 114 cm³/mol. The molecule has 30 heavy (non-hydrogen) atoms. The highest BCUT2D eigenvalue weighted by Gasteiger charge is 2.19. The van der Waals surface area contributed by atoms with Crippen molar-refractivity contribution < 1.29 is 19.1 Å². The van der Waals surface area contributed by atoms with Gasteiger partial charge in [0.15, 0.2) is 0 Å². The summed E-state index contributed by atoms with van der Waals surface area (Å²) in [5.74, 6) is -0.665. The maximum Gasteiger partial charge on any atom is 0.407 e. The molecule has 1 unspecified atom stereocenters.